The van der Waals surface area contributed by atoms with Gasteiger partial charge >= 0.3 is 5.69 Å². The van der Waals surface area contributed by atoms with Gasteiger partial charge in [-0.1, -0.05) is 12.1 Å². The van der Waals surface area contributed by atoms with Gasteiger partial charge < -0.3 is 10.1 Å². The van der Waals surface area contributed by atoms with E-state index in [4.69, 9.17) is 4.74 Å². The van der Waals surface area contributed by atoms with E-state index in [2.05, 4.69) is 15.3 Å². The zero-order valence-corrected chi connectivity index (χ0v) is 14.0. The average molecular weight is 370 g/mol. The van der Waals surface area contributed by atoms with Gasteiger partial charge in [0.25, 0.3) is 5.56 Å². The monoisotopic (exact) mass is 370 g/mol. The summed E-state index contributed by atoms with van der Waals surface area (Å²) in [5.41, 5.74) is -0.635. The lowest BCUT2D eigenvalue weighted by Gasteiger charge is -2.11. The average Bonchev–Trinajstić information content (AvgIpc) is 2.63. The molecule has 0 saturated carbocycles. The number of carbonyl (C=O) groups is 1. The number of aromatic amines is 1. The molecule has 0 saturated heterocycles. The second kappa shape index (κ2) is 8.09. The van der Waals surface area contributed by atoms with Crippen molar-refractivity contribution in [1.29, 1.82) is 0 Å². The Balaban J connectivity index is 1.66. The molecule has 0 radical (unpaired) electrons. The van der Waals surface area contributed by atoms with Gasteiger partial charge in [-0.3, -0.25) is 19.1 Å². The van der Waals surface area contributed by atoms with Crippen molar-refractivity contribution in [3.8, 4) is 11.6 Å². The number of aromatic nitrogens is 3. The number of hydrogen-bond acceptors (Lipinski definition) is 5. The van der Waals surface area contributed by atoms with Gasteiger partial charge in [0.2, 0.25) is 11.8 Å². The molecule has 0 aliphatic carbocycles. The van der Waals surface area contributed by atoms with Crippen LogP contribution < -0.4 is 21.3 Å². The van der Waals surface area contributed by atoms with E-state index in [1.807, 2.05) is 0 Å². The van der Waals surface area contributed by atoms with E-state index in [1.165, 1.54) is 30.6 Å². The maximum Gasteiger partial charge on any atom is 0.328 e. The minimum absolute atomic E-state index is 0.0927. The molecule has 2 heterocycles. The van der Waals surface area contributed by atoms with Crippen molar-refractivity contribution in [2.45, 2.75) is 13.1 Å². The van der Waals surface area contributed by atoms with Gasteiger partial charge in [0.15, 0.2) is 0 Å². The number of pyridine rings is 1. The molecule has 0 bridgehead atoms. The molecule has 9 heteroatoms. The van der Waals surface area contributed by atoms with E-state index in [9.17, 15) is 18.8 Å². The molecule has 0 aliphatic rings. The molecule has 3 aromatic rings. The third-order valence-corrected chi connectivity index (χ3v) is 3.55. The first-order chi connectivity index (χ1) is 13.0. The Morgan fingerprint density at radius 3 is 2.85 bits per heavy atom. The molecule has 0 spiro atoms. The summed E-state index contributed by atoms with van der Waals surface area (Å²) in [5, 5.41) is 2.64. The molecule has 8 nitrogen and oxygen atoms in total. The summed E-state index contributed by atoms with van der Waals surface area (Å²) < 4.78 is 19.9. The van der Waals surface area contributed by atoms with Crippen molar-refractivity contribution in [3.63, 3.8) is 0 Å². The fourth-order valence-corrected chi connectivity index (χ4v) is 2.27. The molecule has 0 fully saturated rings. The largest absolute Gasteiger partial charge is 0.439 e. The van der Waals surface area contributed by atoms with E-state index in [-0.39, 0.29) is 24.7 Å². The molecule has 2 N–H and O–H groups in total. The van der Waals surface area contributed by atoms with Crippen LogP contribution in [0.4, 0.5) is 4.39 Å². The second-order valence-electron chi connectivity index (χ2n) is 5.54. The third-order valence-electron chi connectivity index (χ3n) is 3.55. The van der Waals surface area contributed by atoms with E-state index >= 15 is 0 Å². The van der Waals surface area contributed by atoms with Crippen molar-refractivity contribution >= 4 is 5.91 Å². The van der Waals surface area contributed by atoms with Crippen molar-refractivity contribution < 1.29 is 13.9 Å². The number of carbonyl (C=O) groups excluding carboxylic acids is 1. The van der Waals surface area contributed by atoms with Crippen molar-refractivity contribution in [2.24, 2.45) is 0 Å². The van der Waals surface area contributed by atoms with Crippen LogP contribution in [-0.4, -0.2) is 20.4 Å². The van der Waals surface area contributed by atoms with Crippen LogP contribution in [0, 0.1) is 5.82 Å². The van der Waals surface area contributed by atoms with Crippen molar-refractivity contribution in [3.05, 3.63) is 87.1 Å². The Morgan fingerprint density at radius 1 is 1.22 bits per heavy atom. The number of amides is 1. The van der Waals surface area contributed by atoms with E-state index in [1.54, 1.807) is 18.2 Å². The van der Waals surface area contributed by atoms with Crippen LogP contribution in [-0.2, 0) is 17.9 Å². The number of hydrogen-bond donors (Lipinski definition) is 2. The fourth-order valence-electron chi connectivity index (χ4n) is 2.27. The summed E-state index contributed by atoms with van der Waals surface area (Å²) in [6, 6.07) is 10.1. The maximum absolute atomic E-state index is 13.3. The van der Waals surface area contributed by atoms with Gasteiger partial charge in [-0.15, -0.1) is 0 Å². The fraction of sp³-hybridized carbons (Fsp3) is 0.111. The Bertz CT molecular complexity index is 1080. The number of ether oxygens (including phenoxy) is 1. The predicted molar refractivity (Wildman–Crippen MR) is 93.9 cm³/mol. The summed E-state index contributed by atoms with van der Waals surface area (Å²) in [6.07, 6.45) is 2.75. The van der Waals surface area contributed by atoms with E-state index < -0.39 is 23.0 Å². The lowest BCUT2D eigenvalue weighted by molar-refractivity contribution is -0.121. The molecular formula is C18H15FN4O4. The number of benzene rings is 1. The lowest BCUT2D eigenvalue weighted by atomic mass is 10.2. The zero-order valence-electron chi connectivity index (χ0n) is 14.0. The predicted octanol–water partition coefficient (Wildman–Crippen LogP) is 1.18. The van der Waals surface area contributed by atoms with Gasteiger partial charge in [-0.2, -0.15) is 0 Å². The first-order valence-electron chi connectivity index (χ1n) is 7.95. The number of rotatable bonds is 6. The van der Waals surface area contributed by atoms with E-state index in [0.717, 1.165) is 10.6 Å². The molecule has 0 atom stereocenters. The molecule has 2 aromatic heterocycles. The molecule has 138 valence electrons. The standard InChI is InChI=1S/C18H15FN4O4/c19-13-4-1-5-14(9-13)27-17-12(3-2-7-20-17)10-21-16(25)11-23-8-6-15(24)22-18(23)26/h1-9H,10-11H2,(H,21,25)(H,22,24,26). The molecule has 0 aliphatic heterocycles. The summed E-state index contributed by atoms with van der Waals surface area (Å²) >= 11 is 0. The van der Waals surface area contributed by atoms with Gasteiger partial charge in [0.1, 0.15) is 18.1 Å². The summed E-state index contributed by atoms with van der Waals surface area (Å²) in [5.74, 6) is -0.375. The van der Waals surface area contributed by atoms with E-state index in [0.29, 0.717) is 5.56 Å². The molecule has 1 aromatic carbocycles. The highest BCUT2D eigenvalue weighted by atomic mass is 19.1. The summed E-state index contributed by atoms with van der Waals surface area (Å²) in [7, 11) is 0. The van der Waals surface area contributed by atoms with Gasteiger partial charge in [0.05, 0.1) is 0 Å². The third kappa shape index (κ3) is 4.88. The summed E-state index contributed by atoms with van der Waals surface area (Å²) in [4.78, 5) is 40.9. The minimum atomic E-state index is -0.672. The second-order valence-corrected chi connectivity index (χ2v) is 5.54. The van der Waals surface area contributed by atoms with Gasteiger partial charge in [-0.25, -0.2) is 14.2 Å². The van der Waals surface area contributed by atoms with Crippen molar-refractivity contribution in [1.82, 2.24) is 19.9 Å². The Hall–Kier alpha value is -3.75. The number of nitrogens with zero attached hydrogens (tertiary/aromatic N) is 2. The molecule has 3 rings (SSSR count). The number of halogens is 1. The number of H-pyrrole nitrogens is 1. The van der Waals surface area contributed by atoms with Crippen molar-refractivity contribution in [2.75, 3.05) is 0 Å². The van der Waals surface area contributed by atoms with Crippen LogP contribution in [0.25, 0.3) is 0 Å². The van der Waals surface area contributed by atoms with Gasteiger partial charge in [-0.05, 0) is 18.2 Å². The minimum Gasteiger partial charge on any atom is -0.439 e. The zero-order chi connectivity index (χ0) is 19.2. The first kappa shape index (κ1) is 18.1. The topological polar surface area (TPSA) is 106 Å². The van der Waals surface area contributed by atoms with Crippen LogP contribution in [0.3, 0.4) is 0 Å². The first-order valence-corrected chi connectivity index (χ1v) is 7.95. The van der Waals surface area contributed by atoms with Crippen LogP contribution in [0.1, 0.15) is 5.56 Å². The Kier molecular flexibility index (Phi) is 5.41. The molecular weight excluding hydrogens is 355 g/mol. The molecule has 0 unspecified atom stereocenters. The molecule has 1 amide bonds. The van der Waals surface area contributed by atoms with Crippen LogP contribution in [0.2, 0.25) is 0 Å². The lowest BCUT2D eigenvalue weighted by Crippen LogP contribution is -2.35. The SMILES string of the molecule is O=C(Cn1ccc(=O)[nH]c1=O)NCc1cccnc1Oc1cccc(F)c1. The summed E-state index contributed by atoms with van der Waals surface area (Å²) in [6.45, 7) is -0.161. The molecule has 27 heavy (non-hydrogen) atoms. The smallest absolute Gasteiger partial charge is 0.328 e. The highest BCUT2D eigenvalue weighted by Crippen LogP contribution is 2.23. The van der Waals surface area contributed by atoms with Crippen LogP contribution in [0.5, 0.6) is 11.6 Å². The Morgan fingerprint density at radius 2 is 2.07 bits per heavy atom. The maximum atomic E-state index is 13.3. The Labute approximate surface area is 152 Å². The van der Waals surface area contributed by atoms with Gasteiger partial charge in [0, 0.05) is 36.6 Å². The number of nitrogens with one attached hydrogen (secondary N) is 2. The van der Waals surface area contributed by atoms with Crippen LogP contribution in [0.15, 0.2) is 64.4 Å². The quantitative estimate of drug-likeness (QED) is 0.678. The highest BCUT2D eigenvalue weighted by Gasteiger charge is 2.10. The van der Waals surface area contributed by atoms with Crippen LogP contribution >= 0.6 is 0 Å². The normalized spacial score (nSPS) is 10.4. The highest BCUT2D eigenvalue weighted by molar-refractivity contribution is 5.75.